The van der Waals surface area contributed by atoms with E-state index in [1.165, 1.54) is 12.3 Å². The topological polar surface area (TPSA) is 62.3 Å². The molecule has 1 aliphatic carbocycles. The highest BCUT2D eigenvalue weighted by Gasteiger charge is 2.32. The monoisotopic (exact) mass is 317 g/mol. The summed E-state index contributed by atoms with van der Waals surface area (Å²) in [6, 6.07) is 1.57. The summed E-state index contributed by atoms with van der Waals surface area (Å²) in [7, 11) is -1.83. The predicted molar refractivity (Wildman–Crippen MR) is 80.6 cm³/mol. The van der Waals surface area contributed by atoms with Crippen molar-refractivity contribution in [3.05, 3.63) is 17.3 Å². The summed E-state index contributed by atoms with van der Waals surface area (Å²) in [6.07, 6.45) is 5.42. The van der Waals surface area contributed by atoms with Gasteiger partial charge in [0.25, 0.3) is 0 Å². The minimum absolute atomic E-state index is 0.104. The molecule has 0 saturated heterocycles. The van der Waals surface area contributed by atoms with Crippen LogP contribution < -0.4 is 5.32 Å². The van der Waals surface area contributed by atoms with Crippen molar-refractivity contribution in [2.24, 2.45) is 0 Å². The van der Waals surface area contributed by atoms with Crippen molar-refractivity contribution >= 4 is 27.4 Å². The number of rotatable bonds is 5. The van der Waals surface area contributed by atoms with Crippen molar-refractivity contribution in [2.75, 3.05) is 18.9 Å². The Morgan fingerprint density at radius 1 is 1.45 bits per heavy atom. The first-order chi connectivity index (χ1) is 9.50. The molecule has 2 rings (SSSR count). The van der Waals surface area contributed by atoms with Gasteiger partial charge in [-0.15, -0.1) is 0 Å². The zero-order valence-corrected chi connectivity index (χ0v) is 13.3. The van der Waals surface area contributed by atoms with E-state index in [1.807, 2.05) is 6.92 Å². The number of pyridine rings is 1. The van der Waals surface area contributed by atoms with Crippen LogP contribution in [0.25, 0.3) is 0 Å². The maximum Gasteiger partial charge on any atom is 0.244 e. The Kier molecular flexibility index (Phi) is 4.88. The fourth-order valence-corrected chi connectivity index (χ4v) is 4.69. The first kappa shape index (κ1) is 15.5. The predicted octanol–water partition coefficient (Wildman–Crippen LogP) is 2.73. The largest absolute Gasteiger partial charge is 0.372 e. The lowest BCUT2D eigenvalue weighted by atomic mass is 10.2. The minimum atomic E-state index is -3.52. The smallest absolute Gasteiger partial charge is 0.244 e. The van der Waals surface area contributed by atoms with Gasteiger partial charge in [-0.1, -0.05) is 31.4 Å². The van der Waals surface area contributed by atoms with Crippen LogP contribution in [0.1, 0.15) is 32.6 Å². The van der Waals surface area contributed by atoms with E-state index in [2.05, 4.69) is 10.3 Å². The molecule has 1 saturated carbocycles. The van der Waals surface area contributed by atoms with Gasteiger partial charge in [0.1, 0.15) is 10.7 Å². The maximum absolute atomic E-state index is 12.7. The zero-order valence-electron chi connectivity index (χ0n) is 11.8. The standard InChI is InChI=1S/C13H20ClN3O2S/c1-3-17(10-6-4-5-7-10)20(18,19)11-8-12(14)13(15-2)16-9-11/h8-10H,3-7H2,1-2H3,(H,15,16). The third kappa shape index (κ3) is 2.92. The molecule has 0 amide bonds. The molecule has 1 fully saturated rings. The number of hydrogen-bond acceptors (Lipinski definition) is 4. The van der Waals surface area contributed by atoms with Gasteiger partial charge in [-0.2, -0.15) is 4.31 Å². The number of anilines is 1. The second kappa shape index (κ2) is 6.28. The summed E-state index contributed by atoms with van der Waals surface area (Å²) in [6.45, 7) is 2.34. The number of sulfonamides is 1. The summed E-state index contributed by atoms with van der Waals surface area (Å²) in [4.78, 5) is 4.22. The van der Waals surface area contributed by atoms with E-state index >= 15 is 0 Å². The molecule has 0 unspecified atom stereocenters. The van der Waals surface area contributed by atoms with Crippen molar-refractivity contribution in [1.29, 1.82) is 0 Å². The molecule has 0 aromatic carbocycles. The van der Waals surface area contributed by atoms with Gasteiger partial charge in [0.2, 0.25) is 10.0 Å². The molecule has 0 spiro atoms. The third-order valence-electron chi connectivity index (χ3n) is 3.70. The minimum Gasteiger partial charge on any atom is -0.372 e. The number of nitrogens with one attached hydrogen (secondary N) is 1. The van der Waals surface area contributed by atoms with Crippen LogP contribution in [-0.4, -0.2) is 37.3 Å². The summed E-state index contributed by atoms with van der Waals surface area (Å²) in [5, 5.41) is 3.14. The van der Waals surface area contributed by atoms with Gasteiger partial charge >= 0.3 is 0 Å². The van der Waals surface area contributed by atoms with Crippen molar-refractivity contribution < 1.29 is 8.42 Å². The molecule has 1 aromatic rings. The molecule has 0 atom stereocenters. The Hall–Kier alpha value is -0.850. The molecular formula is C13H20ClN3O2S. The van der Waals surface area contributed by atoms with Gasteiger partial charge < -0.3 is 5.32 Å². The highest BCUT2D eigenvalue weighted by molar-refractivity contribution is 7.89. The SMILES string of the molecule is CCN(C1CCCC1)S(=O)(=O)c1cnc(NC)c(Cl)c1. The molecule has 1 N–H and O–H groups in total. The molecular weight excluding hydrogens is 298 g/mol. The molecule has 112 valence electrons. The molecule has 1 heterocycles. The summed E-state index contributed by atoms with van der Waals surface area (Å²) >= 11 is 6.04. The van der Waals surface area contributed by atoms with Crippen LogP contribution in [0.3, 0.4) is 0 Å². The van der Waals surface area contributed by atoms with E-state index in [9.17, 15) is 8.42 Å². The van der Waals surface area contributed by atoms with Crippen molar-refractivity contribution in [2.45, 2.75) is 43.5 Å². The summed E-state index contributed by atoms with van der Waals surface area (Å²) < 4.78 is 27.0. The second-order valence-electron chi connectivity index (χ2n) is 4.90. The Balaban J connectivity index is 2.35. The highest BCUT2D eigenvalue weighted by Crippen LogP contribution is 2.30. The van der Waals surface area contributed by atoms with Crippen LogP contribution in [0, 0.1) is 0 Å². The van der Waals surface area contributed by atoms with Crippen molar-refractivity contribution in [1.82, 2.24) is 9.29 Å². The van der Waals surface area contributed by atoms with E-state index < -0.39 is 10.0 Å². The van der Waals surface area contributed by atoms with Crippen LogP contribution in [0.5, 0.6) is 0 Å². The Morgan fingerprint density at radius 3 is 2.60 bits per heavy atom. The van der Waals surface area contributed by atoms with Crippen LogP contribution in [-0.2, 0) is 10.0 Å². The van der Waals surface area contributed by atoms with E-state index in [0.717, 1.165) is 25.7 Å². The van der Waals surface area contributed by atoms with Crippen LogP contribution in [0.15, 0.2) is 17.2 Å². The Bertz CT molecular complexity index is 571. The molecule has 0 radical (unpaired) electrons. The van der Waals surface area contributed by atoms with Gasteiger partial charge in [0.05, 0.1) is 5.02 Å². The first-order valence-electron chi connectivity index (χ1n) is 6.85. The fourth-order valence-electron chi connectivity index (χ4n) is 2.70. The molecule has 5 nitrogen and oxygen atoms in total. The quantitative estimate of drug-likeness (QED) is 0.907. The fraction of sp³-hybridized carbons (Fsp3) is 0.615. The van der Waals surface area contributed by atoms with E-state index in [-0.39, 0.29) is 10.9 Å². The van der Waals surface area contributed by atoms with Crippen molar-refractivity contribution in [3.63, 3.8) is 0 Å². The molecule has 0 bridgehead atoms. The second-order valence-corrected chi connectivity index (χ2v) is 7.20. The number of nitrogens with zero attached hydrogens (tertiary/aromatic N) is 2. The number of aromatic nitrogens is 1. The van der Waals surface area contributed by atoms with Gasteiger partial charge in [-0.05, 0) is 18.9 Å². The molecule has 0 aliphatic heterocycles. The lowest BCUT2D eigenvalue weighted by Gasteiger charge is -2.26. The van der Waals surface area contributed by atoms with Crippen LogP contribution >= 0.6 is 11.6 Å². The van der Waals surface area contributed by atoms with Gasteiger partial charge in [0.15, 0.2) is 0 Å². The zero-order chi connectivity index (χ0) is 14.8. The molecule has 1 aromatic heterocycles. The van der Waals surface area contributed by atoms with E-state index in [4.69, 9.17) is 11.6 Å². The average Bonchev–Trinajstić information content (AvgIpc) is 2.93. The van der Waals surface area contributed by atoms with Gasteiger partial charge in [-0.25, -0.2) is 13.4 Å². The molecule has 1 aliphatic rings. The number of hydrogen-bond donors (Lipinski definition) is 1. The van der Waals surface area contributed by atoms with E-state index in [1.54, 1.807) is 11.4 Å². The first-order valence-corrected chi connectivity index (χ1v) is 8.67. The lowest BCUT2D eigenvalue weighted by molar-refractivity contribution is 0.335. The highest BCUT2D eigenvalue weighted by atomic mass is 35.5. The third-order valence-corrected chi connectivity index (χ3v) is 5.98. The van der Waals surface area contributed by atoms with Crippen molar-refractivity contribution in [3.8, 4) is 0 Å². The molecule has 7 heteroatoms. The number of halogens is 1. The average molecular weight is 318 g/mol. The van der Waals surface area contributed by atoms with Crippen LogP contribution in [0.2, 0.25) is 5.02 Å². The van der Waals surface area contributed by atoms with Crippen LogP contribution in [0.4, 0.5) is 5.82 Å². The Morgan fingerprint density at radius 2 is 2.10 bits per heavy atom. The molecule has 20 heavy (non-hydrogen) atoms. The van der Waals surface area contributed by atoms with Gasteiger partial charge in [-0.3, -0.25) is 0 Å². The Labute approximate surface area is 125 Å². The summed E-state index contributed by atoms with van der Waals surface area (Å²) in [5.74, 6) is 0.481. The van der Waals surface area contributed by atoms with Gasteiger partial charge in [0, 0.05) is 25.8 Å². The summed E-state index contributed by atoms with van der Waals surface area (Å²) in [5.41, 5.74) is 0. The van der Waals surface area contributed by atoms with E-state index in [0.29, 0.717) is 17.4 Å². The maximum atomic E-state index is 12.7. The normalized spacial score (nSPS) is 16.8. The lowest BCUT2D eigenvalue weighted by Crippen LogP contribution is -2.38.